The number of hydrogen-bond acceptors (Lipinski definition) is 3. The SMILES string of the molecule is CCc1cccc(C)c1NC(=O)[C@H](C)NS(=O)(=O)c1ccc2ccccc2c1. The second-order valence-electron chi connectivity index (χ2n) is 6.80. The highest BCUT2D eigenvalue weighted by atomic mass is 32.2. The minimum absolute atomic E-state index is 0.135. The second-order valence-corrected chi connectivity index (χ2v) is 8.52. The molecule has 0 saturated heterocycles. The molecule has 5 nitrogen and oxygen atoms in total. The minimum Gasteiger partial charge on any atom is -0.324 e. The van der Waals surface area contributed by atoms with Crippen LogP contribution in [0.25, 0.3) is 10.8 Å². The molecule has 0 radical (unpaired) electrons. The van der Waals surface area contributed by atoms with Crippen LogP contribution < -0.4 is 10.0 Å². The molecule has 0 aliphatic rings. The molecule has 0 fully saturated rings. The van der Waals surface area contributed by atoms with Crippen molar-refractivity contribution in [2.24, 2.45) is 0 Å². The fraction of sp³-hybridized carbons (Fsp3) is 0.227. The van der Waals surface area contributed by atoms with E-state index in [2.05, 4.69) is 10.0 Å². The van der Waals surface area contributed by atoms with E-state index in [-0.39, 0.29) is 4.90 Å². The van der Waals surface area contributed by atoms with Crippen molar-refractivity contribution >= 4 is 32.4 Å². The van der Waals surface area contributed by atoms with Crippen LogP contribution in [0, 0.1) is 6.92 Å². The van der Waals surface area contributed by atoms with E-state index in [1.165, 1.54) is 6.92 Å². The largest absolute Gasteiger partial charge is 0.324 e. The molecule has 0 aliphatic carbocycles. The number of benzene rings is 3. The molecule has 0 unspecified atom stereocenters. The lowest BCUT2D eigenvalue weighted by molar-refractivity contribution is -0.117. The third-order valence-corrected chi connectivity index (χ3v) is 6.28. The molecule has 3 aromatic carbocycles. The molecule has 28 heavy (non-hydrogen) atoms. The second kappa shape index (κ2) is 8.12. The van der Waals surface area contributed by atoms with Crippen molar-refractivity contribution in [1.82, 2.24) is 4.72 Å². The van der Waals surface area contributed by atoms with Crippen LogP contribution in [0.1, 0.15) is 25.0 Å². The summed E-state index contributed by atoms with van der Waals surface area (Å²) in [5, 5.41) is 4.65. The predicted molar refractivity (Wildman–Crippen MR) is 113 cm³/mol. The van der Waals surface area contributed by atoms with Gasteiger partial charge in [0.2, 0.25) is 15.9 Å². The summed E-state index contributed by atoms with van der Waals surface area (Å²) >= 11 is 0. The molecule has 6 heteroatoms. The maximum atomic E-state index is 12.7. The van der Waals surface area contributed by atoms with Crippen LogP contribution in [0.4, 0.5) is 5.69 Å². The highest BCUT2D eigenvalue weighted by Crippen LogP contribution is 2.22. The van der Waals surface area contributed by atoms with E-state index in [0.29, 0.717) is 0 Å². The summed E-state index contributed by atoms with van der Waals surface area (Å²) in [4.78, 5) is 12.8. The van der Waals surface area contributed by atoms with Crippen LogP contribution >= 0.6 is 0 Å². The van der Waals surface area contributed by atoms with Crippen LogP contribution in [0.3, 0.4) is 0 Å². The van der Waals surface area contributed by atoms with Gasteiger partial charge in [0.15, 0.2) is 0 Å². The first kappa shape index (κ1) is 20.0. The molecule has 1 amide bonds. The van der Waals surface area contributed by atoms with Gasteiger partial charge in [0.25, 0.3) is 0 Å². The number of amides is 1. The van der Waals surface area contributed by atoms with Crippen molar-refractivity contribution in [2.75, 3.05) is 5.32 Å². The third kappa shape index (κ3) is 4.24. The molecule has 0 aliphatic heterocycles. The van der Waals surface area contributed by atoms with E-state index in [0.717, 1.165) is 34.0 Å². The van der Waals surface area contributed by atoms with Gasteiger partial charge < -0.3 is 5.32 Å². The zero-order chi connectivity index (χ0) is 20.3. The maximum absolute atomic E-state index is 12.7. The Hall–Kier alpha value is -2.70. The van der Waals surface area contributed by atoms with Crippen LogP contribution in [0.5, 0.6) is 0 Å². The fourth-order valence-electron chi connectivity index (χ4n) is 3.12. The summed E-state index contributed by atoms with van der Waals surface area (Å²) in [5.41, 5.74) is 2.70. The molecule has 0 spiro atoms. The van der Waals surface area contributed by atoms with Gasteiger partial charge in [-0.25, -0.2) is 8.42 Å². The quantitative estimate of drug-likeness (QED) is 0.661. The summed E-state index contributed by atoms with van der Waals surface area (Å²) in [6.07, 6.45) is 0.772. The van der Waals surface area contributed by atoms with Crippen molar-refractivity contribution in [3.05, 3.63) is 71.8 Å². The van der Waals surface area contributed by atoms with Gasteiger partial charge in [-0.1, -0.05) is 55.5 Å². The molecular weight excluding hydrogens is 372 g/mol. The molecule has 0 saturated carbocycles. The molecular formula is C22H24N2O3S. The molecule has 146 valence electrons. The first-order valence-electron chi connectivity index (χ1n) is 9.22. The maximum Gasteiger partial charge on any atom is 0.242 e. The topological polar surface area (TPSA) is 75.3 Å². The molecule has 1 atom stereocenters. The molecule has 3 aromatic rings. The molecule has 2 N–H and O–H groups in total. The zero-order valence-corrected chi connectivity index (χ0v) is 17.0. The molecule has 3 rings (SSSR count). The fourth-order valence-corrected chi connectivity index (χ4v) is 4.36. The minimum atomic E-state index is -3.82. The number of sulfonamides is 1. The number of carbonyl (C=O) groups is 1. The zero-order valence-electron chi connectivity index (χ0n) is 16.2. The Morgan fingerprint density at radius 3 is 2.43 bits per heavy atom. The van der Waals surface area contributed by atoms with Gasteiger partial charge in [0, 0.05) is 5.69 Å². The van der Waals surface area contributed by atoms with Gasteiger partial charge in [-0.15, -0.1) is 0 Å². The number of hydrogen-bond donors (Lipinski definition) is 2. The number of carbonyl (C=O) groups excluding carboxylic acids is 1. The normalized spacial score (nSPS) is 12.7. The number of fused-ring (bicyclic) bond motifs is 1. The highest BCUT2D eigenvalue weighted by molar-refractivity contribution is 7.89. The molecule has 0 aromatic heterocycles. The number of para-hydroxylation sites is 1. The number of rotatable bonds is 6. The lowest BCUT2D eigenvalue weighted by Gasteiger charge is -2.17. The average molecular weight is 397 g/mol. The van der Waals surface area contributed by atoms with Gasteiger partial charge in [0.05, 0.1) is 10.9 Å². The predicted octanol–water partition coefficient (Wildman–Crippen LogP) is 4.02. The Bertz CT molecular complexity index is 1120. The van der Waals surface area contributed by atoms with Gasteiger partial charge in [-0.05, 0) is 54.3 Å². The van der Waals surface area contributed by atoms with Gasteiger partial charge in [-0.3, -0.25) is 4.79 Å². The smallest absolute Gasteiger partial charge is 0.242 e. The number of nitrogens with one attached hydrogen (secondary N) is 2. The van der Waals surface area contributed by atoms with Crippen LogP contribution in [0.15, 0.2) is 65.6 Å². The van der Waals surface area contributed by atoms with E-state index in [4.69, 9.17) is 0 Å². The third-order valence-electron chi connectivity index (χ3n) is 4.74. The van der Waals surface area contributed by atoms with E-state index in [1.54, 1.807) is 18.2 Å². The Labute approximate surface area is 165 Å². The number of aryl methyl sites for hydroxylation is 2. The van der Waals surface area contributed by atoms with E-state index in [9.17, 15) is 13.2 Å². The summed E-state index contributed by atoms with van der Waals surface area (Å²) in [7, 11) is -3.82. The highest BCUT2D eigenvalue weighted by Gasteiger charge is 2.23. The Balaban J connectivity index is 1.79. The van der Waals surface area contributed by atoms with Crippen LogP contribution in [-0.2, 0) is 21.2 Å². The van der Waals surface area contributed by atoms with Gasteiger partial charge in [-0.2, -0.15) is 4.72 Å². The molecule has 0 heterocycles. The Kier molecular flexibility index (Phi) is 5.82. The summed E-state index contributed by atoms with van der Waals surface area (Å²) in [6, 6.07) is 17.3. The lowest BCUT2D eigenvalue weighted by atomic mass is 10.1. The van der Waals surface area contributed by atoms with Crippen molar-refractivity contribution in [1.29, 1.82) is 0 Å². The lowest BCUT2D eigenvalue weighted by Crippen LogP contribution is -2.41. The Morgan fingerprint density at radius 2 is 1.71 bits per heavy atom. The van der Waals surface area contributed by atoms with Gasteiger partial charge in [0.1, 0.15) is 0 Å². The van der Waals surface area contributed by atoms with Crippen LogP contribution in [0.2, 0.25) is 0 Å². The summed E-state index contributed by atoms with van der Waals surface area (Å²) in [5.74, 6) is -0.395. The van der Waals surface area contributed by atoms with Crippen molar-refractivity contribution in [3.8, 4) is 0 Å². The van der Waals surface area contributed by atoms with E-state index in [1.807, 2.05) is 56.3 Å². The first-order valence-corrected chi connectivity index (χ1v) is 10.7. The monoisotopic (exact) mass is 396 g/mol. The average Bonchev–Trinajstić information content (AvgIpc) is 2.68. The van der Waals surface area contributed by atoms with Crippen molar-refractivity contribution < 1.29 is 13.2 Å². The summed E-state index contributed by atoms with van der Waals surface area (Å²) in [6.45, 7) is 5.47. The Morgan fingerprint density at radius 1 is 1.00 bits per heavy atom. The van der Waals surface area contributed by atoms with Gasteiger partial charge >= 0.3 is 0 Å². The molecule has 0 bridgehead atoms. The summed E-state index contributed by atoms with van der Waals surface area (Å²) < 4.78 is 28.0. The van der Waals surface area contributed by atoms with E-state index >= 15 is 0 Å². The van der Waals surface area contributed by atoms with Crippen molar-refractivity contribution in [3.63, 3.8) is 0 Å². The van der Waals surface area contributed by atoms with E-state index < -0.39 is 22.0 Å². The van der Waals surface area contributed by atoms with Crippen molar-refractivity contribution in [2.45, 2.75) is 38.1 Å². The standard InChI is InChI=1S/C22H24N2O3S/c1-4-17-11-7-8-15(2)21(17)23-22(25)16(3)24-28(26,27)20-13-12-18-9-5-6-10-19(18)14-20/h5-14,16,24H,4H2,1-3H3,(H,23,25)/t16-/m0/s1. The van der Waals surface area contributed by atoms with Crippen LogP contribution in [-0.4, -0.2) is 20.4 Å². The first-order chi connectivity index (χ1) is 13.3. The number of anilines is 1.